The first-order chi connectivity index (χ1) is 10.5. The maximum atomic E-state index is 12.7. The van der Waals surface area contributed by atoms with Crippen LogP contribution in [0.15, 0.2) is 0 Å². The maximum absolute atomic E-state index is 12.7. The van der Waals surface area contributed by atoms with Crippen LogP contribution in [0.25, 0.3) is 0 Å². The van der Waals surface area contributed by atoms with Crippen molar-refractivity contribution in [2.75, 3.05) is 34.3 Å². The molecule has 0 bridgehead atoms. The van der Waals surface area contributed by atoms with Gasteiger partial charge in [-0.15, -0.1) is 0 Å². The van der Waals surface area contributed by atoms with Gasteiger partial charge in [-0.3, -0.25) is 0 Å². The summed E-state index contributed by atoms with van der Waals surface area (Å²) in [6, 6.07) is 0.558. The number of piperidine rings is 1. The fourth-order valence-electron chi connectivity index (χ4n) is 4.05. The largest absolute Gasteiger partial charge is 0.379 e. The number of amides is 2. The van der Waals surface area contributed by atoms with Crippen LogP contribution in [0.4, 0.5) is 4.79 Å². The topological polar surface area (TPSA) is 44.8 Å². The third-order valence-electron chi connectivity index (χ3n) is 5.45. The Morgan fingerprint density at radius 2 is 1.95 bits per heavy atom. The van der Waals surface area contributed by atoms with Gasteiger partial charge >= 0.3 is 6.03 Å². The summed E-state index contributed by atoms with van der Waals surface area (Å²) in [7, 11) is 5.86. The number of ether oxygens (including phenoxy) is 1. The number of nitrogens with one attached hydrogen (secondary N) is 1. The van der Waals surface area contributed by atoms with Gasteiger partial charge in [-0.25, -0.2) is 4.79 Å². The number of urea groups is 1. The van der Waals surface area contributed by atoms with Gasteiger partial charge < -0.3 is 19.9 Å². The van der Waals surface area contributed by atoms with E-state index in [4.69, 9.17) is 4.74 Å². The van der Waals surface area contributed by atoms with Gasteiger partial charge in [0, 0.05) is 26.7 Å². The zero-order chi connectivity index (χ0) is 16.1. The lowest BCUT2D eigenvalue weighted by molar-refractivity contribution is 0.0594. The van der Waals surface area contributed by atoms with E-state index in [9.17, 15) is 4.79 Å². The van der Waals surface area contributed by atoms with Crippen molar-refractivity contribution in [3.05, 3.63) is 0 Å². The van der Waals surface area contributed by atoms with Crippen LogP contribution in [0.2, 0.25) is 0 Å². The van der Waals surface area contributed by atoms with Crippen LogP contribution in [0.1, 0.15) is 45.4 Å². The minimum atomic E-state index is 0.0651. The number of rotatable bonds is 3. The third kappa shape index (κ3) is 4.35. The summed E-state index contributed by atoms with van der Waals surface area (Å²) >= 11 is 0. The second-order valence-electron chi connectivity index (χ2n) is 7.17. The highest BCUT2D eigenvalue weighted by molar-refractivity contribution is 5.74. The molecular formula is C17H33N3O2. The van der Waals surface area contributed by atoms with Crippen LogP contribution in [-0.2, 0) is 4.74 Å². The second kappa shape index (κ2) is 8.16. The van der Waals surface area contributed by atoms with Gasteiger partial charge in [-0.1, -0.05) is 26.2 Å². The molecule has 1 saturated carbocycles. The summed E-state index contributed by atoms with van der Waals surface area (Å²) in [5.74, 6) is 0.516. The van der Waals surface area contributed by atoms with Gasteiger partial charge in [0.25, 0.3) is 0 Å². The minimum Gasteiger partial charge on any atom is -0.379 e. The zero-order valence-corrected chi connectivity index (χ0v) is 14.7. The molecule has 0 spiro atoms. The quantitative estimate of drug-likeness (QED) is 0.814. The van der Waals surface area contributed by atoms with Crippen molar-refractivity contribution in [1.29, 1.82) is 0 Å². The Hall–Kier alpha value is -0.810. The van der Waals surface area contributed by atoms with E-state index >= 15 is 0 Å². The Morgan fingerprint density at radius 1 is 1.23 bits per heavy atom. The lowest BCUT2D eigenvalue weighted by Crippen LogP contribution is -2.55. The number of likely N-dealkylation sites (tertiary alicyclic amines) is 1. The highest BCUT2D eigenvalue weighted by Crippen LogP contribution is 2.23. The Labute approximate surface area is 135 Å². The smallest absolute Gasteiger partial charge is 0.317 e. The third-order valence-corrected chi connectivity index (χ3v) is 5.45. The molecule has 22 heavy (non-hydrogen) atoms. The Kier molecular flexibility index (Phi) is 6.50. The summed E-state index contributed by atoms with van der Waals surface area (Å²) in [6.45, 7) is 4.37. The normalized spacial score (nSPS) is 34.0. The van der Waals surface area contributed by atoms with Crippen LogP contribution in [0.5, 0.6) is 0 Å². The Bertz CT molecular complexity index is 364. The minimum absolute atomic E-state index is 0.0651. The Balaban J connectivity index is 1.92. The number of hydrogen-bond donors (Lipinski definition) is 1. The molecule has 5 heteroatoms. The predicted octanol–water partition coefficient (Wildman–Crippen LogP) is 2.32. The van der Waals surface area contributed by atoms with Crippen molar-refractivity contribution < 1.29 is 9.53 Å². The van der Waals surface area contributed by atoms with E-state index < -0.39 is 0 Å². The molecule has 2 aliphatic rings. The van der Waals surface area contributed by atoms with E-state index in [2.05, 4.69) is 24.2 Å². The molecule has 2 fully saturated rings. The first-order valence-electron chi connectivity index (χ1n) is 8.77. The van der Waals surface area contributed by atoms with E-state index in [0.717, 1.165) is 32.4 Å². The molecule has 128 valence electrons. The van der Waals surface area contributed by atoms with Gasteiger partial charge in [0.05, 0.1) is 12.1 Å². The molecule has 1 aliphatic heterocycles. The number of carbonyl (C=O) groups excluding carboxylic acids is 1. The number of nitrogens with zero attached hydrogens (tertiary/aromatic N) is 2. The predicted molar refractivity (Wildman–Crippen MR) is 89.0 cm³/mol. The summed E-state index contributed by atoms with van der Waals surface area (Å²) < 4.78 is 5.61. The second-order valence-corrected chi connectivity index (χ2v) is 7.17. The fourth-order valence-corrected chi connectivity index (χ4v) is 4.05. The number of methoxy groups -OCH3 is 1. The lowest BCUT2D eigenvalue weighted by atomic mass is 9.93. The van der Waals surface area contributed by atoms with Crippen LogP contribution in [-0.4, -0.2) is 68.3 Å². The lowest BCUT2D eigenvalue weighted by Gasteiger charge is -2.40. The molecule has 0 aromatic rings. The molecule has 4 atom stereocenters. The molecule has 1 aliphatic carbocycles. The molecule has 0 aromatic heterocycles. The van der Waals surface area contributed by atoms with E-state index in [0.29, 0.717) is 12.0 Å². The summed E-state index contributed by atoms with van der Waals surface area (Å²) in [4.78, 5) is 16.9. The number of hydrogen-bond acceptors (Lipinski definition) is 3. The average Bonchev–Trinajstić information content (AvgIpc) is 2.71. The van der Waals surface area contributed by atoms with Crippen molar-refractivity contribution in [2.24, 2.45) is 5.92 Å². The van der Waals surface area contributed by atoms with Crippen LogP contribution < -0.4 is 5.32 Å². The van der Waals surface area contributed by atoms with Crippen molar-refractivity contribution in [2.45, 2.75) is 63.6 Å². The van der Waals surface area contributed by atoms with Gasteiger partial charge in [0.15, 0.2) is 0 Å². The molecule has 2 amide bonds. The highest BCUT2D eigenvalue weighted by Gasteiger charge is 2.32. The van der Waals surface area contributed by atoms with E-state index in [1.54, 1.807) is 7.11 Å². The fraction of sp³-hybridized carbons (Fsp3) is 0.941. The molecule has 0 aromatic carbocycles. The van der Waals surface area contributed by atoms with Crippen molar-refractivity contribution in [1.82, 2.24) is 15.1 Å². The molecule has 1 heterocycles. The van der Waals surface area contributed by atoms with Crippen LogP contribution in [0.3, 0.4) is 0 Å². The SMILES string of the molecule is CO[C@@H]1CCCCC[C@@H]1NC(=O)N(C)[C@H]1CCN(C)C[C@@H]1C. The van der Waals surface area contributed by atoms with E-state index in [1.165, 1.54) is 19.3 Å². The van der Waals surface area contributed by atoms with Gasteiger partial charge in [0.2, 0.25) is 0 Å². The van der Waals surface area contributed by atoms with Crippen molar-refractivity contribution in [3.63, 3.8) is 0 Å². The summed E-state index contributed by atoms with van der Waals surface area (Å²) in [6.07, 6.45) is 6.92. The molecule has 5 nitrogen and oxygen atoms in total. The van der Waals surface area contributed by atoms with Gasteiger partial charge in [-0.2, -0.15) is 0 Å². The van der Waals surface area contributed by atoms with Crippen molar-refractivity contribution in [3.8, 4) is 0 Å². The monoisotopic (exact) mass is 311 g/mol. The average molecular weight is 311 g/mol. The van der Waals surface area contributed by atoms with Crippen LogP contribution in [0, 0.1) is 5.92 Å². The summed E-state index contributed by atoms with van der Waals surface area (Å²) in [5.41, 5.74) is 0. The number of carbonyl (C=O) groups is 1. The molecular weight excluding hydrogens is 278 g/mol. The van der Waals surface area contributed by atoms with Gasteiger partial charge in [-0.05, 0) is 38.8 Å². The maximum Gasteiger partial charge on any atom is 0.317 e. The van der Waals surface area contributed by atoms with E-state index in [-0.39, 0.29) is 18.2 Å². The molecule has 1 saturated heterocycles. The Morgan fingerprint density at radius 3 is 2.64 bits per heavy atom. The zero-order valence-electron chi connectivity index (χ0n) is 14.7. The molecule has 0 unspecified atom stereocenters. The highest BCUT2D eigenvalue weighted by atomic mass is 16.5. The van der Waals surface area contributed by atoms with Crippen LogP contribution >= 0.6 is 0 Å². The van der Waals surface area contributed by atoms with Gasteiger partial charge in [0.1, 0.15) is 0 Å². The summed E-state index contributed by atoms with van der Waals surface area (Å²) in [5, 5.41) is 3.24. The first-order valence-corrected chi connectivity index (χ1v) is 8.77. The standard InChI is InChI=1S/C17H33N3O2/c1-13-12-19(2)11-10-15(13)20(3)17(21)18-14-8-6-5-7-9-16(14)22-4/h13-16H,5-12H2,1-4H3,(H,18,21)/t13-,14-,15-,16+/m0/s1. The molecule has 2 rings (SSSR count). The van der Waals surface area contributed by atoms with E-state index in [1.807, 2.05) is 11.9 Å². The first kappa shape index (κ1) is 17.5. The molecule has 1 N–H and O–H groups in total. The van der Waals surface area contributed by atoms with Crippen molar-refractivity contribution >= 4 is 6.03 Å². The molecule has 0 radical (unpaired) electrons.